The van der Waals surface area contributed by atoms with Crippen molar-refractivity contribution in [2.75, 3.05) is 0 Å². The maximum Gasteiger partial charge on any atom is 0.328 e. The normalized spacial score (nSPS) is 11.8. The minimum absolute atomic E-state index is 0.0187. The van der Waals surface area contributed by atoms with E-state index in [0.717, 1.165) is 5.69 Å². The third kappa shape index (κ3) is 3.15. The van der Waals surface area contributed by atoms with Gasteiger partial charge in [0.15, 0.2) is 0 Å². The molecule has 0 spiro atoms. The highest BCUT2D eigenvalue weighted by molar-refractivity contribution is 7.90. The van der Waals surface area contributed by atoms with Gasteiger partial charge in [-0.15, -0.1) is 0 Å². The second-order valence-electron chi connectivity index (χ2n) is 6.03. The molecule has 1 aromatic carbocycles. The number of rotatable bonds is 5. The highest BCUT2D eigenvalue weighted by Crippen LogP contribution is 2.17. The van der Waals surface area contributed by atoms with Gasteiger partial charge in [0, 0.05) is 39.5 Å². The van der Waals surface area contributed by atoms with Crippen LogP contribution in [0.3, 0.4) is 0 Å². The molecule has 9 nitrogen and oxygen atoms in total. The van der Waals surface area contributed by atoms with E-state index in [4.69, 9.17) is 0 Å². The second-order valence-corrected chi connectivity index (χ2v) is 7.71. The zero-order chi connectivity index (χ0) is 19.1. The summed E-state index contributed by atoms with van der Waals surface area (Å²) in [5, 5.41) is 4.00. The Morgan fingerprint density at radius 1 is 1.12 bits per heavy atom. The Kier molecular flexibility index (Phi) is 4.45. The van der Waals surface area contributed by atoms with Crippen LogP contribution in [-0.2, 0) is 42.4 Å². The van der Waals surface area contributed by atoms with Crippen LogP contribution < -0.4 is 10.4 Å². The van der Waals surface area contributed by atoms with Gasteiger partial charge in [-0.1, -0.05) is 0 Å². The SMILES string of the molecule is Cn1nccc1CCC(=O)NS(=O)(=O)c1ccc2c(c1)n(C)c(=O)n2C. The number of aryl methyl sites for hydroxylation is 4. The fraction of sp³-hybridized carbons (Fsp3) is 0.312. The summed E-state index contributed by atoms with van der Waals surface area (Å²) in [5.41, 5.74) is 1.66. The van der Waals surface area contributed by atoms with Crippen LogP contribution in [0.25, 0.3) is 11.0 Å². The Hall–Kier alpha value is -2.88. The van der Waals surface area contributed by atoms with E-state index >= 15 is 0 Å². The van der Waals surface area contributed by atoms with Gasteiger partial charge in [0.2, 0.25) is 5.91 Å². The summed E-state index contributed by atoms with van der Waals surface area (Å²) < 4.78 is 31.4. The van der Waals surface area contributed by atoms with Crippen LogP contribution >= 0.6 is 0 Å². The lowest BCUT2D eigenvalue weighted by Crippen LogP contribution is -2.30. The molecule has 0 unspecified atom stereocenters. The van der Waals surface area contributed by atoms with Crippen molar-refractivity contribution in [3.63, 3.8) is 0 Å². The number of imidazole rings is 1. The minimum Gasteiger partial charge on any atom is -0.295 e. The van der Waals surface area contributed by atoms with Crippen molar-refractivity contribution in [1.82, 2.24) is 23.6 Å². The van der Waals surface area contributed by atoms with Crippen molar-refractivity contribution < 1.29 is 13.2 Å². The summed E-state index contributed by atoms with van der Waals surface area (Å²) in [6.07, 6.45) is 2.01. The summed E-state index contributed by atoms with van der Waals surface area (Å²) >= 11 is 0. The van der Waals surface area contributed by atoms with Gasteiger partial charge in [0.05, 0.1) is 15.9 Å². The smallest absolute Gasteiger partial charge is 0.295 e. The summed E-state index contributed by atoms with van der Waals surface area (Å²) in [6, 6.07) is 6.07. The lowest BCUT2D eigenvalue weighted by Gasteiger charge is -2.08. The van der Waals surface area contributed by atoms with Crippen molar-refractivity contribution in [1.29, 1.82) is 0 Å². The predicted molar refractivity (Wildman–Crippen MR) is 95.0 cm³/mol. The minimum atomic E-state index is -4.02. The fourth-order valence-corrected chi connectivity index (χ4v) is 3.84. The van der Waals surface area contributed by atoms with E-state index in [0.29, 0.717) is 17.5 Å². The van der Waals surface area contributed by atoms with Crippen LogP contribution in [0.4, 0.5) is 0 Å². The van der Waals surface area contributed by atoms with Gasteiger partial charge in [-0.2, -0.15) is 5.10 Å². The van der Waals surface area contributed by atoms with Crippen LogP contribution in [0.2, 0.25) is 0 Å². The van der Waals surface area contributed by atoms with Crippen LogP contribution in [0, 0.1) is 0 Å². The van der Waals surface area contributed by atoms with E-state index < -0.39 is 15.9 Å². The first kappa shape index (κ1) is 17.9. The van der Waals surface area contributed by atoms with Gasteiger partial charge in [-0.05, 0) is 30.7 Å². The number of fused-ring (bicyclic) bond motifs is 1. The first-order valence-corrected chi connectivity index (χ1v) is 9.37. The molecule has 0 saturated carbocycles. The average Bonchev–Trinajstić information content (AvgIpc) is 3.10. The summed E-state index contributed by atoms with van der Waals surface area (Å²) in [6.45, 7) is 0. The highest BCUT2D eigenvalue weighted by Gasteiger charge is 2.20. The lowest BCUT2D eigenvalue weighted by atomic mass is 10.2. The molecule has 0 fully saturated rings. The molecule has 0 radical (unpaired) electrons. The largest absolute Gasteiger partial charge is 0.328 e. The number of benzene rings is 1. The Morgan fingerprint density at radius 2 is 1.81 bits per heavy atom. The van der Waals surface area contributed by atoms with Crippen LogP contribution in [0.5, 0.6) is 0 Å². The van der Waals surface area contributed by atoms with E-state index in [-0.39, 0.29) is 17.0 Å². The molecule has 0 atom stereocenters. The first-order chi connectivity index (χ1) is 12.2. The third-order valence-electron chi connectivity index (χ3n) is 4.33. The summed E-state index contributed by atoms with van der Waals surface area (Å²) in [7, 11) is 0.907. The molecule has 26 heavy (non-hydrogen) atoms. The molecule has 0 saturated heterocycles. The molecular weight excluding hydrogens is 358 g/mol. The van der Waals surface area contributed by atoms with Crippen LogP contribution in [0.1, 0.15) is 12.1 Å². The number of hydrogen-bond acceptors (Lipinski definition) is 5. The number of nitrogens with zero attached hydrogens (tertiary/aromatic N) is 4. The zero-order valence-electron chi connectivity index (χ0n) is 14.6. The quantitative estimate of drug-likeness (QED) is 0.676. The summed E-state index contributed by atoms with van der Waals surface area (Å²) in [5.74, 6) is -0.603. The van der Waals surface area contributed by atoms with Crippen LogP contribution in [-0.4, -0.2) is 33.2 Å². The molecule has 2 heterocycles. The zero-order valence-corrected chi connectivity index (χ0v) is 15.4. The van der Waals surface area contributed by atoms with Gasteiger partial charge >= 0.3 is 5.69 Å². The fourth-order valence-electron chi connectivity index (χ4n) is 2.80. The Bertz CT molecular complexity index is 1150. The Morgan fingerprint density at radius 3 is 2.46 bits per heavy atom. The number of carbonyl (C=O) groups is 1. The van der Waals surface area contributed by atoms with Crippen molar-refractivity contribution in [3.8, 4) is 0 Å². The molecule has 0 aliphatic heterocycles. The molecule has 0 bridgehead atoms. The topological polar surface area (TPSA) is 108 Å². The van der Waals surface area contributed by atoms with Crippen molar-refractivity contribution in [2.45, 2.75) is 17.7 Å². The number of amides is 1. The molecule has 3 aromatic rings. The molecule has 2 aromatic heterocycles. The van der Waals surface area contributed by atoms with Gasteiger partial charge in [-0.3, -0.25) is 18.6 Å². The van der Waals surface area contributed by atoms with Gasteiger partial charge in [0.25, 0.3) is 10.0 Å². The molecular formula is C16H19N5O4S. The maximum absolute atomic E-state index is 12.5. The van der Waals surface area contributed by atoms with Crippen molar-refractivity contribution in [3.05, 3.63) is 46.6 Å². The van der Waals surface area contributed by atoms with Gasteiger partial charge < -0.3 is 0 Å². The van der Waals surface area contributed by atoms with E-state index in [9.17, 15) is 18.0 Å². The molecule has 138 valence electrons. The van der Waals surface area contributed by atoms with E-state index in [1.807, 2.05) is 0 Å². The average molecular weight is 377 g/mol. The molecule has 1 N–H and O–H groups in total. The number of nitrogens with one attached hydrogen (secondary N) is 1. The Balaban J connectivity index is 1.80. The number of aromatic nitrogens is 4. The monoisotopic (exact) mass is 377 g/mol. The van der Waals surface area contributed by atoms with Gasteiger partial charge in [0.1, 0.15) is 0 Å². The summed E-state index contributed by atoms with van der Waals surface area (Å²) in [4.78, 5) is 23.9. The maximum atomic E-state index is 12.5. The van der Waals surface area contributed by atoms with E-state index in [2.05, 4.69) is 9.82 Å². The first-order valence-electron chi connectivity index (χ1n) is 7.88. The number of sulfonamides is 1. The van der Waals surface area contributed by atoms with E-state index in [1.165, 1.54) is 21.3 Å². The molecule has 10 heteroatoms. The molecule has 0 aliphatic rings. The van der Waals surface area contributed by atoms with Crippen molar-refractivity contribution in [2.24, 2.45) is 21.1 Å². The van der Waals surface area contributed by atoms with E-state index in [1.54, 1.807) is 44.2 Å². The highest BCUT2D eigenvalue weighted by atomic mass is 32.2. The lowest BCUT2D eigenvalue weighted by molar-refractivity contribution is -0.119. The Labute approximate surface area is 149 Å². The predicted octanol–water partition coefficient (Wildman–Crippen LogP) is 0.0482. The van der Waals surface area contributed by atoms with Crippen molar-refractivity contribution >= 4 is 27.0 Å². The molecule has 1 amide bonds. The molecule has 0 aliphatic carbocycles. The standard InChI is InChI=1S/C16H19N5O4S/c1-19-13-6-5-12(10-14(13)20(2)16(19)23)26(24,25)18-15(22)7-4-11-8-9-17-21(11)3/h5-6,8-10H,4,7H2,1-3H3,(H,18,22). The second kappa shape index (κ2) is 6.45. The third-order valence-corrected chi connectivity index (χ3v) is 5.70. The number of carbonyl (C=O) groups excluding carboxylic acids is 1. The number of hydrogen-bond donors (Lipinski definition) is 1. The molecule has 3 rings (SSSR count). The van der Waals surface area contributed by atoms with Crippen LogP contribution in [0.15, 0.2) is 40.2 Å². The van der Waals surface area contributed by atoms with Gasteiger partial charge in [-0.25, -0.2) is 17.9 Å².